The van der Waals surface area contributed by atoms with Crippen molar-refractivity contribution < 1.29 is 0 Å². The summed E-state index contributed by atoms with van der Waals surface area (Å²) in [5.74, 6) is 2.75. The Hall–Kier alpha value is -1.36. The van der Waals surface area contributed by atoms with Gasteiger partial charge in [-0.05, 0) is 26.9 Å². The van der Waals surface area contributed by atoms with E-state index < -0.39 is 0 Å². The van der Waals surface area contributed by atoms with Crippen LogP contribution in [0, 0.1) is 0 Å². The van der Waals surface area contributed by atoms with Crippen molar-refractivity contribution in [3.63, 3.8) is 0 Å². The van der Waals surface area contributed by atoms with Crippen LogP contribution in [0.5, 0.6) is 0 Å². The number of hydrogen-bond donors (Lipinski definition) is 2. The van der Waals surface area contributed by atoms with Crippen LogP contribution < -0.4 is 10.6 Å². The highest BCUT2D eigenvalue weighted by Crippen LogP contribution is 2.16. The van der Waals surface area contributed by atoms with E-state index in [2.05, 4.69) is 46.4 Å². The van der Waals surface area contributed by atoms with Gasteiger partial charge >= 0.3 is 0 Å². The van der Waals surface area contributed by atoms with Crippen LogP contribution in [-0.2, 0) is 6.42 Å². The predicted octanol–water partition coefficient (Wildman–Crippen LogP) is 1.59. The fraction of sp³-hybridized carbons (Fsp3) is 0.692. The molecule has 1 fully saturated rings. The molecule has 0 saturated carbocycles. The van der Waals surface area contributed by atoms with Gasteiger partial charge in [0.2, 0.25) is 0 Å². The summed E-state index contributed by atoms with van der Waals surface area (Å²) in [5, 5.41) is 6.77. The van der Waals surface area contributed by atoms with E-state index >= 15 is 0 Å². The van der Waals surface area contributed by atoms with Crippen molar-refractivity contribution in [2.24, 2.45) is 0 Å². The number of aromatic nitrogens is 2. The van der Waals surface area contributed by atoms with Crippen molar-refractivity contribution in [1.82, 2.24) is 14.9 Å². The van der Waals surface area contributed by atoms with Crippen molar-refractivity contribution in [3.05, 3.63) is 11.9 Å². The average Bonchev–Trinajstić information content (AvgIpc) is 2.75. The second kappa shape index (κ2) is 6.00. The molecule has 0 aromatic carbocycles. The third-order valence-electron chi connectivity index (χ3n) is 3.19. The van der Waals surface area contributed by atoms with Crippen LogP contribution in [0.1, 0.15) is 26.1 Å². The molecule has 2 N–H and O–H groups in total. The van der Waals surface area contributed by atoms with Crippen LogP contribution in [0.15, 0.2) is 6.07 Å². The lowest BCUT2D eigenvalue weighted by Crippen LogP contribution is -2.24. The Morgan fingerprint density at radius 1 is 1.33 bits per heavy atom. The molecule has 0 bridgehead atoms. The van der Waals surface area contributed by atoms with E-state index in [4.69, 9.17) is 0 Å². The first-order valence-electron chi connectivity index (χ1n) is 6.78. The molecular formula is C13H23N5. The Labute approximate surface area is 109 Å². The van der Waals surface area contributed by atoms with Crippen molar-refractivity contribution in [2.45, 2.75) is 32.7 Å². The zero-order chi connectivity index (χ0) is 13.0. The SMILES string of the molecule is CCNc1cc(NC2CCN(C)C2)nc(CC)n1. The van der Waals surface area contributed by atoms with Gasteiger partial charge in [0.05, 0.1) is 0 Å². The van der Waals surface area contributed by atoms with Crippen molar-refractivity contribution in [2.75, 3.05) is 37.3 Å². The summed E-state index contributed by atoms with van der Waals surface area (Å²) in [6.45, 7) is 7.28. The number of rotatable bonds is 5. The van der Waals surface area contributed by atoms with Gasteiger partial charge in [-0.15, -0.1) is 0 Å². The molecule has 2 heterocycles. The third kappa shape index (κ3) is 3.32. The molecule has 1 atom stereocenters. The highest BCUT2D eigenvalue weighted by molar-refractivity contribution is 5.48. The Morgan fingerprint density at radius 3 is 2.72 bits per heavy atom. The van der Waals surface area contributed by atoms with E-state index in [9.17, 15) is 0 Å². The summed E-state index contributed by atoms with van der Waals surface area (Å²) >= 11 is 0. The second-order valence-corrected chi connectivity index (χ2v) is 4.83. The highest BCUT2D eigenvalue weighted by Gasteiger charge is 2.19. The largest absolute Gasteiger partial charge is 0.370 e. The minimum Gasteiger partial charge on any atom is -0.370 e. The molecule has 0 aliphatic carbocycles. The number of likely N-dealkylation sites (N-methyl/N-ethyl adjacent to an activating group) is 1. The lowest BCUT2D eigenvalue weighted by Gasteiger charge is -2.15. The second-order valence-electron chi connectivity index (χ2n) is 4.83. The van der Waals surface area contributed by atoms with Gasteiger partial charge in [-0.3, -0.25) is 0 Å². The number of likely N-dealkylation sites (tertiary alicyclic amines) is 1. The summed E-state index contributed by atoms with van der Waals surface area (Å²) in [4.78, 5) is 11.3. The van der Waals surface area contributed by atoms with Gasteiger partial charge in [0.15, 0.2) is 0 Å². The molecule has 0 amide bonds. The molecule has 0 spiro atoms. The van der Waals surface area contributed by atoms with Gasteiger partial charge in [0.1, 0.15) is 17.5 Å². The third-order valence-corrected chi connectivity index (χ3v) is 3.19. The summed E-state index contributed by atoms with van der Waals surface area (Å²) in [5.41, 5.74) is 0. The maximum absolute atomic E-state index is 4.54. The van der Waals surface area contributed by atoms with Gasteiger partial charge in [0, 0.05) is 31.6 Å². The lowest BCUT2D eigenvalue weighted by molar-refractivity contribution is 0.414. The molecular weight excluding hydrogens is 226 g/mol. The molecule has 18 heavy (non-hydrogen) atoms. The topological polar surface area (TPSA) is 53.1 Å². The number of hydrogen-bond acceptors (Lipinski definition) is 5. The van der Waals surface area contributed by atoms with E-state index in [-0.39, 0.29) is 0 Å². The smallest absolute Gasteiger partial charge is 0.132 e. The fourth-order valence-corrected chi connectivity index (χ4v) is 2.26. The first-order valence-corrected chi connectivity index (χ1v) is 6.78. The monoisotopic (exact) mass is 249 g/mol. The van der Waals surface area contributed by atoms with Crippen molar-refractivity contribution >= 4 is 11.6 Å². The van der Waals surface area contributed by atoms with Gasteiger partial charge in [-0.25, -0.2) is 9.97 Å². The molecule has 1 aromatic rings. The molecule has 5 heteroatoms. The number of anilines is 2. The van der Waals surface area contributed by atoms with Gasteiger partial charge < -0.3 is 15.5 Å². The number of aryl methyl sites for hydroxylation is 1. The maximum Gasteiger partial charge on any atom is 0.132 e. The van der Waals surface area contributed by atoms with E-state index in [0.29, 0.717) is 6.04 Å². The Balaban J connectivity index is 2.08. The van der Waals surface area contributed by atoms with Gasteiger partial charge in [-0.2, -0.15) is 0 Å². The molecule has 1 aromatic heterocycles. The molecule has 1 unspecified atom stereocenters. The van der Waals surface area contributed by atoms with Crippen LogP contribution in [0.4, 0.5) is 11.6 Å². The molecule has 100 valence electrons. The first-order chi connectivity index (χ1) is 8.71. The van der Waals surface area contributed by atoms with E-state index in [0.717, 1.165) is 43.5 Å². The van der Waals surface area contributed by atoms with E-state index in [1.54, 1.807) is 0 Å². The van der Waals surface area contributed by atoms with Gasteiger partial charge in [-0.1, -0.05) is 6.92 Å². The van der Waals surface area contributed by atoms with Crippen LogP contribution in [-0.4, -0.2) is 47.6 Å². The van der Waals surface area contributed by atoms with Crippen LogP contribution >= 0.6 is 0 Å². The zero-order valence-electron chi connectivity index (χ0n) is 11.5. The van der Waals surface area contributed by atoms with Crippen LogP contribution in [0.25, 0.3) is 0 Å². The Bertz CT molecular complexity index is 393. The summed E-state index contributed by atoms with van der Waals surface area (Å²) in [6, 6.07) is 2.50. The molecule has 1 aliphatic rings. The van der Waals surface area contributed by atoms with E-state index in [1.165, 1.54) is 6.42 Å². The quantitative estimate of drug-likeness (QED) is 0.830. The number of nitrogens with zero attached hydrogens (tertiary/aromatic N) is 3. The molecule has 5 nitrogen and oxygen atoms in total. The van der Waals surface area contributed by atoms with Crippen molar-refractivity contribution in [1.29, 1.82) is 0 Å². The predicted molar refractivity (Wildman–Crippen MR) is 75.1 cm³/mol. The van der Waals surface area contributed by atoms with Gasteiger partial charge in [0.25, 0.3) is 0 Å². The minimum atomic E-state index is 0.504. The Kier molecular flexibility index (Phi) is 4.36. The van der Waals surface area contributed by atoms with Crippen LogP contribution in [0.3, 0.4) is 0 Å². The normalized spacial score (nSPS) is 20.1. The highest BCUT2D eigenvalue weighted by atomic mass is 15.2. The maximum atomic E-state index is 4.54. The summed E-state index contributed by atoms with van der Waals surface area (Å²) < 4.78 is 0. The zero-order valence-corrected chi connectivity index (χ0v) is 11.5. The summed E-state index contributed by atoms with van der Waals surface area (Å²) in [6.07, 6.45) is 2.04. The summed E-state index contributed by atoms with van der Waals surface area (Å²) in [7, 11) is 2.16. The average molecular weight is 249 g/mol. The Morgan fingerprint density at radius 2 is 2.11 bits per heavy atom. The molecule has 1 aliphatic heterocycles. The minimum absolute atomic E-state index is 0.504. The van der Waals surface area contributed by atoms with E-state index in [1.807, 2.05) is 6.07 Å². The number of nitrogens with one attached hydrogen (secondary N) is 2. The molecule has 0 radical (unpaired) electrons. The molecule has 1 saturated heterocycles. The van der Waals surface area contributed by atoms with Crippen molar-refractivity contribution in [3.8, 4) is 0 Å². The fourth-order valence-electron chi connectivity index (χ4n) is 2.26. The standard InChI is InChI=1S/C13H23N5/c1-4-11-16-12(14-5-2)8-13(17-11)15-10-6-7-18(3)9-10/h8,10H,4-7,9H2,1-3H3,(H2,14,15,16,17). The van der Waals surface area contributed by atoms with Crippen LogP contribution in [0.2, 0.25) is 0 Å². The molecule has 2 rings (SSSR count). The first kappa shape index (κ1) is 13.1. The lowest BCUT2D eigenvalue weighted by atomic mass is 10.2.